The summed E-state index contributed by atoms with van der Waals surface area (Å²) < 4.78 is 0. The van der Waals surface area contributed by atoms with Gasteiger partial charge in [-0.1, -0.05) is 50.1 Å². The predicted octanol–water partition coefficient (Wildman–Crippen LogP) is 3.28. The van der Waals surface area contributed by atoms with Gasteiger partial charge in [0.15, 0.2) is 0 Å². The van der Waals surface area contributed by atoms with Crippen molar-refractivity contribution in [2.45, 2.75) is 33.2 Å². The van der Waals surface area contributed by atoms with Crippen LogP contribution >= 0.6 is 11.6 Å². The van der Waals surface area contributed by atoms with E-state index < -0.39 is 0 Å². The van der Waals surface area contributed by atoms with Crippen molar-refractivity contribution in [2.75, 3.05) is 19.7 Å². The average molecular weight is 313 g/mol. The number of benzene rings is 1. The third kappa shape index (κ3) is 6.36. The number of amides is 2. The van der Waals surface area contributed by atoms with E-state index in [1.807, 2.05) is 18.2 Å². The number of hydrogen-bond donors (Lipinski definition) is 2. The maximum absolute atomic E-state index is 12.2. The second-order valence-electron chi connectivity index (χ2n) is 5.27. The van der Waals surface area contributed by atoms with Gasteiger partial charge in [0.1, 0.15) is 0 Å². The van der Waals surface area contributed by atoms with Gasteiger partial charge in [0.2, 0.25) is 0 Å². The SMILES string of the molecule is CC[C@H](C)CCNC(=O)N(CCO)Cc1ccccc1Cl. The molecule has 0 fully saturated rings. The Morgan fingerprint density at radius 1 is 1.43 bits per heavy atom. The maximum Gasteiger partial charge on any atom is 0.317 e. The number of halogens is 1. The molecule has 0 aliphatic carbocycles. The Morgan fingerprint density at radius 2 is 2.14 bits per heavy atom. The Labute approximate surface area is 132 Å². The smallest absolute Gasteiger partial charge is 0.317 e. The van der Waals surface area contributed by atoms with Crippen LogP contribution in [-0.4, -0.2) is 35.7 Å². The number of aliphatic hydroxyl groups excluding tert-OH is 1. The predicted molar refractivity (Wildman–Crippen MR) is 86.4 cm³/mol. The number of aliphatic hydroxyl groups is 1. The van der Waals surface area contributed by atoms with Crippen molar-refractivity contribution < 1.29 is 9.90 Å². The molecule has 2 amide bonds. The molecule has 118 valence electrons. The topological polar surface area (TPSA) is 52.6 Å². The molecule has 5 heteroatoms. The lowest BCUT2D eigenvalue weighted by Crippen LogP contribution is -2.41. The Kier molecular flexibility index (Phi) is 8.16. The highest BCUT2D eigenvalue weighted by Gasteiger charge is 2.14. The minimum atomic E-state index is -0.160. The van der Waals surface area contributed by atoms with Crippen molar-refractivity contribution in [1.29, 1.82) is 0 Å². The van der Waals surface area contributed by atoms with E-state index in [1.165, 1.54) is 0 Å². The molecule has 0 aliphatic heterocycles. The molecule has 0 bridgehead atoms. The first-order chi connectivity index (χ1) is 10.1. The molecule has 0 heterocycles. The standard InChI is InChI=1S/C16H25ClN2O2/c1-3-13(2)8-9-18-16(21)19(10-11-20)12-14-6-4-5-7-15(14)17/h4-7,13,20H,3,8-12H2,1-2H3,(H,18,21)/t13-/m0/s1. The molecule has 1 rings (SSSR count). The zero-order valence-electron chi connectivity index (χ0n) is 12.8. The highest BCUT2D eigenvalue weighted by atomic mass is 35.5. The van der Waals surface area contributed by atoms with Crippen LogP contribution in [0.4, 0.5) is 4.79 Å². The van der Waals surface area contributed by atoms with Crippen LogP contribution in [0.1, 0.15) is 32.3 Å². The molecular weight excluding hydrogens is 288 g/mol. The van der Waals surface area contributed by atoms with Crippen molar-refractivity contribution >= 4 is 17.6 Å². The Morgan fingerprint density at radius 3 is 2.76 bits per heavy atom. The first-order valence-corrected chi connectivity index (χ1v) is 7.83. The average Bonchev–Trinajstić information content (AvgIpc) is 2.48. The molecule has 0 saturated carbocycles. The van der Waals surface area contributed by atoms with E-state index >= 15 is 0 Å². The van der Waals surface area contributed by atoms with Crippen LogP contribution in [0.5, 0.6) is 0 Å². The van der Waals surface area contributed by atoms with Gasteiger partial charge in [-0.05, 0) is 24.0 Å². The molecule has 1 aromatic carbocycles. The second-order valence-corrected chi connectivity index (χ2v) is 5.68. The van der Waals surface area contributed by atoms with Crippen molar-refractivity contribution in [3.8, 4) is 0 Å². The summed E-state index contributed by atoms with van der Waals surface area (Å²) in [5, 5.41) is 12.7. The summed E-state index contributed by atoms with van der Waals surface area (Å²) in [6, 6.07) is 7.27. The first kappa shape index (κ1) is 17.8. The van der Waals surface area contributed by atoms with Crippen LogP contribution in [-0.2, 0) is 6.54 Å². The number of carbonyl (C=O) groups excluding carboxylic acids is 1. The van der Waals surface area contributed by atoms with Gasteiger partial charge in [-0.15, -0.1) is 0 Å². The van der Waals surface area contributed by atoms with Gasteiger partial charge in [0.25, 0.3) is 0 Å². The fraction of sp³-hybridized carbons (Fsp3) is 0.562. The van der Waals surface area contributed by atoms with Crippen molar-refractivity contribution in [1.82, 2.24) is 10.2 Å². The number of carbonyl (C=O) groups is 1. The van der Waals surface area contributed by atoms with Crippen LogP contribution in [0, 0.1) is 5.92 Å². The highest BCUT2D eigenvalue weighted by Crippen LogP contribution is 2.17. The lowest BCUT2D eigenvalue weighted by Gasteiger charge is -2.23. The number of hydrogen-bond acceptors (Lipinski definition) is 2. The molecule has 0 aromatic heterocycles. The number of nitrogens with one attached hydrogen (secondary N) is 1. The molecule has 1 atom stereocenters. The lowest BCUT2D eigenvalue weighted by molar-refractivity contribution is 0.173. The van der Waals surface area contributed by atoms with Gasteiger partial charge in [-0.25, -0.2) is 4.79 Å². The first-order valence-electron chi connectivity index (χ1n) is 7.45. The van der Waals surface area contributed by atoms with Crippen molar-refractivity contribution in [3.63, 3.8) is 0 Å². The van der Waals surface area contributed by atoms with Crippen LogP contribution in [0.2, 0.25) is 5.02 Å². The Bertz CT molecular complexity index is 440. The number of urea groups is 1. The minimum Gasteiger partial charge on any atom is -0.395 e. The molecule has 0 radical (unpaired) electrons. The van der Waals surface area contributed by atoms with E-state index in [0.717, 1.165) is 18.4 Å². The van der Waals surface area contributed by atoms with Crippen LogP contribution < -0.4 is 5.32 Å². The third-order valence-electron chi connectivity index (χ3n) is 3.59. The van der Waals surface area contributed by atoms with E-state index in [1.54, 1.807) is 11.0 Å². The molecule has 1 aromatic rings. The van der Waals surface area contributed by atoms with Crippen molar-refractivity contribution in [3.05, 3.63) is 34.9 Å². The minimum absolute atomic E-state index is 0.0662. The van der Waals surface area contributed by atoms with Gasteiger partial charge in [-0.2, -0.15) is 0 Å². The van der Waals surface area contributed by atoms with E-state index in [4.69, 9.17) is 16.7 Å². The summed E-state index contributed by atoms with van der Waals surface area (Å²) in [5.41, 5.74) is 0.879. The summed E-state index contributed by atoms with van der Waals surface area (Å²) in [6.45, 7) is 5.58. The largest absolute Gasteiger partial charge is 0.395 e. The third-order valence-corrected chi connectivity index (χ3v) is 3.96. The van der Waals surface area contributed by atoms with E-state index in [0.29, 0.717) is 30.6 Å². The van der Waals surface area contributed by atoms with E-state index in [2.05, 4.69) is 19.2 Å². The highest BCUT2D eigenvalue weighted by molar-refractivity contribution is 6.31. The molecule has 4 nitrogen and oxygen atoms in total. The van der Waals surface area contributed by atoms with Crippen LogP contribution in [0.3, 0.4) is 0 Å². The van der Waals surface area contributed by atoms with Crippen LogP contribution in [0.25, 0.3) is 0 Å². The molecular formula is C16H25ClN2O2. The van der Waals surface area contributed by atoms with Crippen LogP contribution in [0.15, 0.2) is 24.3 Å². The maximum atomic E-state index is 12.2. The summed E-state index contributed by atoms with van der Waals surface area (Å²) in [5.74, 6) is 0.597. The Hall–Kier alpha value is -1.26. The molecule has 0 saturated heterocycles. The van der Waals surface area contributed by atoms with Gasteiger partial charge in [0, 0.05) is 24.7 Å². The molecule has 2 N–H and O–H groups in total. The van der Waals surface area contributed by atoms with E-state index in [-0.39, 0.29) is 12.6 Å². The number of rotatable bonds is 8. The van der Waals surface area contributed by atoms with Gasteiger partial charge < -0.3 is 15.3 Å². The van der Waals surface area contributed by atoms with Gasteiger partial charge >= 0.3 is 6.03 Å². The van der Waals surface area contributed by atoms with Crippen molar-refractivity contribution in [2.24, 2.45) is 5.92 Å². The van der Waals surface area contributed by atoms with E-state index in [9.17, 15) is 4.79 Å². The summed E-state index contributed by atoms with van der Waals surface area (Å²) in [6.07, 6.45) is 2.07. The second kappa shape index (κ2) is 9.64. The van der Waals surface area contributed by atoms with Gasteiger partial charge in [-0.3, -0.25) is 0 Å². The summed E-state index contributed by atoms with van der Waals surface area (Å²) in [4.78, 5) is 13.8. The molecule has 21 heavy (non-hydrogen) atoms. The summed E-state index contributed by atoms with van der Waals surface area (Å²) in [7, 11) is 0. The zero-order chi connectivity index (χ0) is 15.7. The summed E-state index contributed by atoms with van der Waals surface area (Å²) >= 11 is 6.12. The molecule has 0 aliphatic rings. The normalized spacial score (nSPS) is 12.0. The monoisotopic (exact) mass is 312 g/mol. The quantitative estimate of drug-likeness (QED) is 0.774. The fourth-order valence-electron chi connectivity index (χ4n) is 1.95. The molecule has 0 unspecified atom stereocenters. The zero-order valence-corrected chi connectivity index (χ0v) is 13.6. The van der Waals surface area contributed by atoms with Gasteiger partial charge in [0.05, 0.1) is 6.61 Å². The Balaban J connectivity index is 2.56. The fourth-order valence-corrected chi connectivity index (χ4v) is 2.14. The molecule has 0 spiro atoms. The number of nitrogens with zero attached hydrogens (tertiary/aromatic N) is 1. The lowest BCUT2D eigenvalue weighted by atomic mass is 10.1.